The molecule has 0 amide bonds. The lowest BCUT2D eigenvalue weighted by molar-refractivity contribution is -0.108. The molecule has 0 aliphatic carbocycles. The van der Waals surface area contributed by atoms with E-state index in [0.717, 1.165) is 32.2 Å². The van der Waals surface area contributed by atoms with Gasteiger partial charge in [-0.3, -0.25) is 0 Å². The van der Waals surface area contributed by atoms with E-state index < -0.39 is 8.32 Å². The number of aldehydes is 1. The third kappa shape index (κ3) is 4.52. The summed E-state index contributed by atoms with van der Waals surface area (Å²) in [7, 11) is -1.57. The SMILES string of the molecule is CC(C)(C)[Si](C)(C)OCCCC[C@H]1O[C@@H]1C=O. The number of rotatable bonds is 7. The van der Waals surface area contributed by atoms with Gasteiger partial charge >= 0.3 is 0 Å². The minimum atomic E-state index is -1.57. The van der Waals surface area contributed by atoms with E-state index in [2.05, 4.69) is 33.9 Å². The zero-order valence-electron chi connectivity index (χ0n) is 11.8. The fraction of sp³-hybridized carbons (Fsp3) is 0.923. The first-order chi connectivity index (χ1) is 7.78. The van der Waals surface area contributed by atoms with E-state index in [4.69, 9.17) is 9.16 Å². The Morgan fingerprint density at radius 3 is 2.41 bits per heavy atom. The molecule has 1 saturated heterocycles. The number of hydrogen-bond acceptors (Lipinski definition) is 3. The molecule has 0 aromatic rings. The van der Waals surface area contributed by atoms with E-state index in [1.54, 1.807) is 0 Å². The lowest BCUT2D eigenvalue weighted by atomic mass is 10.2. The highest BCUT2D eigenvalue weighted by Gasteiger charge is 2.38. The summed E-state index contributed by atoms with van der Waals surface area (Å²) in [6.45, 7) is 12.2. The molecule has 0 spiro atoms. The smallest absolute Gasteiger partial charge is 0.191 e. The van der Waals surface area contributed by atoms with Gasteiger partial charge in [0.25, 0.3) is 0 Å². The van der Waals surface area contributed by atoms with Crippen LogP contribution in [0.5, 0.6) is 0 Å². The van der Waals surface area contributed by atoms with Gasteiger partial charge in [-0.2, -0.15) is 0 Å². The molecule has 100 valence electrons. The van der Waals surface area contributed by atoms with Crippen molar-refractivity contribution in [3.8, 4) is 0 Å². The molecule has 1 fully saturated rings. The molecular weight excluding hydrogens is 232 g/mol. The monoisotopic (exact) mass is 258 g/mol. The summed E-state index contributed by atoms with van der Waals surface area (Å²) >= 11 is 0. The van der Waals surface area contributed by atoms with Gasteiger partial charge < -0.3 is 14.0 Å². The van der Waals surface area contributed by atoms with Crippen LogP contribution in [0.15, 0.2) is 0 Å². The van der Waals surface area contributed by atoms with Crippen molar-refractivity contribution >= 4 is 14.6 Å². The van der Waals surface area contributed by atoms with Gasteiger partial charge in [0.1, 0.15) is 6.10 Å². The molecule has 0 aromatic heterocycles. The van der Waals surface area contributed by atoms with Crippen molar-refractivity contribution in [2.24, 2.45) is 0 Å². The minimum Gasteiger partial charge on any atom is -0.417 e. The molecule has 0 saturated carbocycles. The van der Waals surface area contributed by atoms with Crippen molar-refractivity contribution in [3.05, 3.63) is 0 Å². The maximum atomic E-state index is 10.4. The van der Waals surface area contributed by atoms with Gasteiger partial charge in [-0.15, -0.1) is 0 Å². The molecule has 3 nitrogen and oxygen atoms in total. The maximum absolute atomic E-state index is 10.4. The number of epoxide rings is 1. The second kappa shape index (κ2) is 5.63. The zero-order valence-corrected chi connectivity index (χ0v) is 12.8. The third-order valence-electron chi connectivity index (χ3n) is 3.91. The molecule has 17 heavy (non-hydrogen) atoms. The van der Waals surface area contributed by atoms with E-state index in [1.807, 2.05) is 0 Å². The predicted molar refractivity (Wildman–Crippen MR) is 71.7 cm³/mol. The highest BCUT2D eigenvalue weighted by Crippen LogP contribution is 2.36. The van der Waals surface area contributed by atoms with Crippen molar-refractivity contribution in [2.45, 2.75) is 70.4 Å². The first kappa shape index (κ1) is 14.9. The molecule has 4 heteroatoms. The van der Waals surface area contributed by atoms with Gasteiger partial charge in [-0.05, 0) is 37.4 Å². The Morgan fingerprint density at radius 2 is 1.94 bits per heavy atom. The molecule has 0 radical (unpaired) electrons. The Labute approximate surface area is 106 Å². The Hall–Kier alpha value is -0.193. The molecule has 2 atom stereocenters. The van der Waals surface area contributed by atoms with E-state index >= 15 is 0 Å². The molecular formula is C13H26O3Si. The molecule has 1 aliphatic heterocycles. The fourth-order valence-corrected chi connectivity index (χ4v) is 2.59. The van der Waals surface area contributed by atoms with E-state index in [9.17, 15) is 4.79 Å². The first-order valence-corrected chi connectivity index (χ1v) is 9.43. The normalized spacial score (nSPS) is 24.8. The fourth-order valence-electron chi connectivity index (χ4n) is 1.50. The summed E-state index contributed by atoms with van der Waals surface area (Å²) in [6, 6.07) is 0. The van der Waals surface area contributed by atoms with Crippen LogP contribution in [-0.2, 0) is 14.0 Å². The van der Waals surface area contributed by atoms with E-state index in [0.29, 0.717) is 0 Å². The van der Waals surface area contributed by atoms with Crippen LogP contribution < -0.4 is 0 Å². The van der Waals surface area contributed by atoms with Gasteiger partial charge in [0.2, 0.25) is 0 Å². The molecule has 0 aromatic carbocycles. The Balaban J connectivity index is 2.06. The Bertz CT molecular complexity index is 258. The quantitative estimate of drug-likeness (QED) is 0.305. The van der Waals surface area contributed by atoms with Crippen molar-refractivity contribution in [1.82, 2.24) is 0 Å². The Kier molecular flexibility index (Phi) is 4.92. The van der Waals surface area contributed by atoms with Gasteiger partial charge in [0.15, 0.2) is 14.6 Å². The number of carbonyl (C=O) groups excluding carboxylic acids is 1. The van der Waals surface area contributed by atoms with Crippen LogP contribution in [0.2, 0.25) is 18.1 Å². The topological polar surface area (TPSA) is 38.8 Å². The summed E-state index contributed by atoms with van der Waals surface area (Å²) in [5.74, 6) is 0. The summed E-state index contributed by atoms with van der Waals surface area (Å²) in [4.78, 5) is 10.4. The minimum absolute atomic E-state index is 0.115. The predicted octanol–water partition coefficient (Wildman–Crippen LogP) is 3.14. The third-order valence-corrected chi connectivity index (χ3v) is 8.45. The summed E-state index contributed by atoms with van der Waals surface area (Å²) in [5, 5.41) is 0.287. The lowest BCUT2D eigenvalue weighted by Crippen LogP contribution is -2.40. The first-order valence-electron chi connectivity index (χ1n) is 6.52. The maximum Gasteiger partial charge on any atom is 0.191 e. The van der Waals surface area contributed by atoms with E-state index in [1.165, 1.54) is 0 Å². The van der Waals surface area contributed by atoms with Crippen molar-refractivity contribution < 1.29 is 14.0 Å². The summed E-state index contributed by atoms with van der Waals surface area (Å²) in [6.07, 6.45) is 4.12. The highest BCUT2D eigenvalue weighted by atomic mass is 28.4. The number of carbonyl (C=O) groups is 1. The van der Waals surface area contributed by atoms with Gasteiger partial charge in [0, 0.05) is 6.61 Å². The van der Waals surface area contributed by atoms with Crippen LogP contribution in [0.25, 0.3) is 0 Å². The average Bonchev–Trinajstić information content (AvgIpc) is 2.94. The summed E-state index contributed by atoms with van der Waals surface area (Å²) < 4.78 is 11.2. The molecule has 0 bridgehead atoms. The molecule has 1 rings (SSSR count). The Morgan fingerprint density at radius 1 is 1.29 bits per heavy atom. The van der Waals surface area contributed by atoms with Crippen LogP contribution in [0.1, 0.15) is 40.0 Å². The van der Waals surface area contributed by atoms with Crippen LogP contribution in [0.4, 0.5) is 0 Å². The average molecular weight is 258 g/mol. The lowest BCUT2D eigenvalue weighted by Gasteiger charge is -2.36. The van der Waals surface area contributed by atoms with Crippen LogP contribution in [-0.4, -0.2) is 33.4 Å². The summed E-state index contributed by atoms with van der Waals surface area (Å²) in [5.41, 5.74) is 0. The van der Waals surface area contributed by atoms with Crippen molar-refractivity contribution in [3.63, 3.8) is 0 Å². The standard InChI is InChI=1S/C13H26O3Si/c1-13(2,3)17(4,5)15-9-7-6-8-11-12(10-14)16-11/h10-12H,6-9H2,1-5H3/t11-,12-/m1/s1. The van der Waals surface area contributed by atoms with Crippen molar-refractivity contribution in [1.29, 1.82) is 0 Å². The molecule has 0 N–H and O–H groups in total. The van der Waals surface area contributed by atoms with Gasteiger partial charge in [0.05, 0.1) is 6.10 Å². The molecule has 1 heterocycles. The number of ether oxygens (including phenoxy) is 1. The molecule has 0 unspecified atom stereocenters. The molecule has 1 aliphatic rings. The second-order valence-corrected chi connectivity index (χ2v) is 11.2. The number of unbranched alkanes of at least 4 members (excludes halogenated alkanes) is 1. The van der Waals surface area contributed by atoms with Crippen LogP contribution in [0, 0.1) is 0 Å². The largest absolute Gasteiger partial charge is 0.417 e. The van der Waals surface area contributed by atoms with Crippen LogP contribution >= 0.6 is 0 Å². The number of hydrogen-bond donors (Lipinski definition) is 0. The second-order valence-electron chi connectivity index (χ2n) is 6.38. The highest BCUT2D eigenvalue weighted by molar-refractivity contribution is 6.74. The van der Waals surface area contributed by atoms with Crippen molar-refractivity contribution in [2.75, 3.05) is 6.61 Å². The zero-order chi connectivity index (χ0) is 13.1. The van der Waals surface area contributed by atoms with Crippen LogP contribution in [0.3, 0.4) is 0 Å². The van der Waals surface area contributed by atoms with E-state index in [-0.39, 0.29) is 17.2 Å². The van der Waals surface area contributed by atoms with Gasteiger partial charge in [-0.25, -0.2) is 0 Å². The van der Waals surface area contributed by atoms with Gasteiger partial charge in [-0.1, -0.05) is 20.8 Å².